The van der Waals surface area contributed by atoms with E-state index in [0.29, 0.717) is 5.92 Å². The SMILES string of the molecule is Cc1cccc(C(C)C)c1.[CH3-].[Y]. The first-order valence-corrected chi connectivity index (χ1v) is 3.76. The maximum absolute atomic E-state index is 2.24. The summed E-state index contributed by atoms with van der Waals surface area (Å²) in [6.07, 6.45) is 0. The quantitative estimate of drug-likeness (QED) is 0.656. The molecule has 0 amide bonds. The molecule has 0 spiro atoms. The van der Waals surface area contributed by atoms with Crippen molar-refractivity contribution in [3.8, 4) is 0 Å². The first-order chi connectivity index (χ1) is 4.70. The molecule has 1 heteroatoms. The second kappa shape index (κ2) is 6.80. The normalized spacial score (nSPS) is 8.67. The maximum Gasteiger partial charge on any atom is 0 e. The Labute approximate surface area is 102 Å². The van der Waals surface area contributed by atoms with Crippen LogP contribution in [-0.2, 0) is 32.7 Å². The first kappa shape index (κ1) is 14.8. The predicted octanol–water partition coefficient (Wildman–Crippen LogP) is 3.57. The van der Waals surface area contributed by atoms with Gasteiger partial charge in [-0.05, 0) is 18.4 Å². The van der Waals surface area contributed by atoms with Crippen LogP contribution in [0.5, 0.6) is 0 Å². The molecule has 0 bridgehead atoms. The van der Waals surface area contributed by atoms with Crippen molar-refractivity contribution >= 4 is 0 Å². The Balaban J connectivity index is 0. The summed E-state index contributed by atoms with van der Waals surface area (Å²) < 4.78 is 0. The van der Waals surface area contributed by atoms with E-state index >= 15 is 0 Å². The van der Waals surface area contributed by atoms with E-state index in [1.165, 1.54) is 11.1 Å². The van der Waals surface area contributed by atoms with E-state index in [4.69, 9.17) is 0 Å². The fourth-order valence-electron chi connectivity index (χ4n) is 1.03. The van der Waals surface area contributed by atoms with Crippen molar-refractivity contribution in [1.29, 1.82) is 0 Å². The Morgan fingerprint density at radius 3 is 2.08 bits per heavy atom. The molecule has 0 atom stereocenters. The predicted molar refractivity (Wildman–Crippen MR) is 51.7 cm³/mol. The minimum absolute atomic E-state index is 0. The van der Waals surface area contributed by atoms with Crippen LogP contribution in [0.25, 0.3) is 0 Å². The fourth-order valence-corrected chi connectivity index (χ4v) is 1.03. The summed E-state index contributed by atoms with van der Waals surface area (Å²) in [5.74, 6) is 0.653. The van der Waals surface area contributed by atoms with Gasteiger partial charge in [0.05, 0.1) is 0 Å². The molecule has 1 aromatic rings. The molecule has 12 heavy (non-hydrogen) atoms. The zero-order valence-corrected chi connectivity index (χ0v) is 11.3. The van der Waals surface area contributed by atoms with E-state index in [2.05, 4.69) is 45.0 Å². The van der Waals surface area contributed by atoms with E-state index in [1.807, 2.05) is 0 Å². The molecular formula is C11H17Y-. The largest absolute Gasteiger partial charge is 0.358 e. The van der Waals surface area contributed by atoms with Crippen LogP contribution in [0.2, 0.25) is 0 Å². The van der Waals surface area contributed by atoms with Crippen LogP contribution in [-0.4, -0.2) is 0 Å². The van der Waals surface area contributed by atoms with Gasteiger partial charge in [0.1, 0.15) is 0 Å². The van der Waals surface area contributed by atoms with Crippen LogP contribution < -0.4 is 0 Å². The summed E-state index contributed by atoms with van der Waals surface area (Å²) in [5, 5.41) is 0. The van der Waals surface area contributed by atoms with Crippen LogP contribution in [0.1, 0.15) is 30.9 Å². The molecule has 0 aliphatic carbocycles. The zero-order chi connectivity index (χ0) is 7.56. The van der Waals surface area contributed by atoms with Gasteiger partial charge in [-0.15, -0.1) is 0 Å². The van der Waals surface area contributed by atoms with Gasteiger partial charge in [0.2, 0.25) is 0 Å². The summed E-state index contributed by atoms with van der Waals surface area (Å²) in [6.45, 7) is 6.56. The summed E-state index contributed by atoms with van der Waals surface area (Å²) in [6, 6.07) is 8.67. The van der Waals surface area contributed by atoms with Gasteiger partial charge >= 0.3 is 0 Å². The Morgan fingerprint density at radius 1 is 1.17 bits per heavy atom. The molecule has 1 rings (SSSR count). The standard InChI is InChI=1S/C10H14.CH3.Y/c1-8(2)10-6-4-5-9(3)7-10;;/h4-8H,1-3H3;1H3;/q;-1;. The van der Waals surface area contributed by atoms with Crippen LogP contribution in [0.4, 0.5) is 0 Å². The number of rotatable bonds is 1. The van der Waals surface area contributed by atoms with Crippen molar-refractivity contribution in [3.05, 3.63) is 42.8 Å². The van der Waals surface area contributed by atoms with Crippen molar-refractivity contribution in [2.24, 2.45) is 0 Å². The number of aryl methyl sites for hydroxylation is 1. The third kappa shape index (κ3) is 4.37. The molecule has 0 N–H and O–H groups in total. The Morgan fingerprint density at radius 2 is 1.75 bits per heavy atom. The molecule has 0 aromatic heterocycles. The van der Waals surface area contributed by atoms with E-state index < -0.39 is 0 Å². The molecule has 0 heterocycles. The molecule has 0 nitrogen and oxygen atoms in total. The fraction of sp³-hybridized carbons (Fsp3) is 0.364. The van der Waals surface area contributed by atoms with Gasteiger partial charge in [-0.1, -0.05) is 43.7 Å². The van der Waals surface area contributed by atoms with Gasteiger partial charge in [0.15, 0.2) is 0 Å². The van der Waals surface area contributed by atoms with E-state index in [-0.39, 0.29) is 40.1 Å². The van der Waals surface area contributed by atoms with Gasteiger partial charge in [0, 0.05) is 32.7 Å². The molecule has 0 saturated heterocycles. The van der Waals surface area contributed by atoms with Crippen LogP contribution in [0.3, 0.4) is 0 Å². The summed E-state index contributed by atoms with van der Waals surface area (Å²) in [5.41, 5.74) is 2.78. The van der Waals surface area contributed by atoms with Gasteiger partial charge in [0.25, 0.3) is 0 Å². The molecule has 0 saturated carbocycles. The summed E-state index contributed by atoms with van der Waals surface area (Å²) in [7, 11) is 0. The van der Waals surface area contributed by atoms with E-state index in [9.17, 15) is 0 Å². The molecule has 65 valence electrons. The van der Waals surface area contributed by atoms with Crippen LogP contribution in [0, 0.1) is 14.4 Å². The minimum Gasteiger partial charge on any atom is -0.358 e. The third-order valence-electron chi connectivity index (χ3n) is 1.71. The van der Waals surface area contributed by atoms with Crippen molar-refractivity contribution in [2.75, 3.05) is 0 Å². The van der Waals surface area contributed by atoms with E-state index in [0.717, 1.165) is 0 Å². The Kier molecular flexibility index (Phi) is 8.40. The maximum atomic E-state index is 2.24. The van der Waals surface area contributed by atoms with Crippen molar-refractivity contribution in [1.82, 2.24) is 0 Å². The summed E-state index contributed by atoms with van der Waals surface area (Å²) >= 11 is 0. The minimum atomic E-state index is 0. The van der Waals surface area contributed by atoms with Gasteiger partial charge in [-0.25, -0.2) is 0 Å². The molecule has 0 unspecified atom stereocenters. The van der Waals surface area contributed by atoms with Gasteiger partial charge in [-0.2, -0.15) is 0 Å². The second-order valence-corrected chi connectivity index (χ2v) is 3.07. The van der Waals surface area contributed by atoms with Crippen molar-refractivity contribution in [3.63, 3.8) is 0 Å². The monoisotopic (exact) mass is 238 g/mol. The van der Waals surface area contributed by atoms with Crippen LogP contribution >= 0.6 is 0 Å². The Hall–Kier alpha value is 0.324. The first-order valence-electron chi connectivity index (χ1n) is 3.76. The average Bonchev–Trinajstić information content (AvgIpc) is 1.88. The smallest absolute Gasteiger partial charge is 0 e. The number of hydrogen-bond acceptors (Lipinski definition) is 0. The number of benzene rings is 1. The van der Waals surface area contributed by atoms with Crippen molar-refractivity contribution < 1.29 is 32.7 Å². The third-order valence-corrected chi connectivity index (χ3v) is 1.71. The molecule has 1 radical (unpaired) electrons. The van der Waals surface area contributed by atoms with Crippen LogP contribution in [0.15, 0.2) is 24.3 Å². The average molecular weight is 238 g/mol. The zero-order valence-electron chi connectivity index (χ0n) is 8.46. The van der Waals surface area contributed by atoms with Crippen molar-refractivity contribution in [2.45, 2.75) is 26.7 Å². The molecular weight excluding hydrogens is 221 g/mol. The van der Waals surface area contributed by atoms with Gasteiger partial charge in [-0.3, -0.25) is 0 Å². The van der Waals surface area contributed by atoms with E-state index in [1.54, 1.807) is 0 Å². The second-order valence-electron chi connectivity index (χ2n) is 3.07. The summed E-state index contributed by atoms with van der Waals surface area (Å²) in [4.78, 5) is 0. The molecule has 1 aromatic carbocycles. The molecule has 0 aliphatic rings. The number of hydrogen-bond donors (Lipinski definition) is 0. The van der Waals surface area contributed by atoms with Gasteiger partial charge < -0.3 is 7.43 Å². The molecule has 0 fully saturated rings. The molecule has 0 aliphatic heterocycles. The Bertz CT molecular complexity index is 216. The topological polar surface area (TPSA) is 0 Å².